The summed E-state index contributed by atoms with van der Waals surface area (Å²) in [6.07, 6.45) is 0.0797. The average Bonchev–Trinajstić information content (AvgIpc) is 2.69. The van der Waals surface area contributed by atoms with E-state index in [4.69, 9.17) is 9.47 Å². The first-order valence-electron chi connectivity index (χ1n) is 8.46. The highest BCUT2D eigenvalue weighted by atomic mass is 32.2. The highest BCUT2D eigenvalue weighted by molar-refractivity contribution is 7.99. The van der Waals surface area contributed by atoms with E-state index in [2.05, 4.69) is 9.47 Å². The minimum Gasteiger partial charge on any atom is -0.437 e. The first-order valence-corrected chi connectivity index (χ1v) is 9.27. The molecule has 0 unspecified atom stereocenters. The van der Waals surface area contributed by atoms with Crippen LogP contribution >= 0.6 is 11.8 Å². The molecule has 144 valence electrons. The Morgan fingerprint density at radius 1 is 0.778 bits per heavy atom. The van der Waals surface area contributed by atoms with Gasteiger partial charge in [-0.2, -0.15) is 0 Å². The molecule has 0 aliphatic carbocycles. The second kappa shape index (κ2) is 9.87. The summed E-state index contributed by atoms with van der Waals surface area (Å²) < 4.78 is 19.2. The van der Waals surface area contributed by atoms with Gasteiger partial charge in [-0.25, -0.2) is 9.59 Å². The van der Waals surface area contributed by atoms with Gasteiger partial charge in [-0.3, -0.25) is 0 Å². The van der Waals surface area contributed by atoms with Crippen LogP contribution in [0.3, 0.4) is 0 Å². The van der Waals surface area contributed by atoms with Crippen LogP contribution in [0.4, 0.5) is 9.59 Å². The molecular weight excluding hydrogens is 368 g/mol. The molecule has 0 bridgehead atoms. The molecule has 27 heavy (non-hydrogen) atoms. The van der Waals surface area contributed by atoms with Gasteiger partial charge >= 0.3 is 12.3 Å². The van der Waals surface area contributed by atoms with Crippen LogP contribution in [0.5, 0.6) is 11.5 Å². The molecule has 0 saturated carbocycles. The Morgan fingerprint density at radius 2 is 1.19 bits per heavy atom. The minimum absolute atomic E-state index is 0.445. The van der Waals surface area contributed by atoms with E-state index in [0.29, 0.717) is 11.5 Å². The molecule has 0 aliphatic heterocycles. The molecule has 0 amide bonds. The fourth-order valence-electron chi connectivity index (χ4n) is 2.38. The predicted molar refractivity (Wildman–Crippen MR) is 102 cm³/mol. The number of hydrogen-bond donors (Lipinski definition) is 0. The third-order valence-electron chi connectivity index (χ3n) is 3.78. The highest BCUT2D eigenvalue weighted by Gasteiger charge is 2.12. The van der Waals surface area contributed by atoms with E-state index >= 15 is 0 Å². The SMILES string of the molecule is CCc1cc(OC(=O)OC)ccc1Sc1ccc(OC(=O)OC)cc1CC. The van der Waals surface area contributed by atoms with Crippen LogP contribution in [-0.2, 0) is 22.3 Å². The average molecular weight is 390 g/mol. The van der Waals surface area contributed by atoms with Crippen molar-refractivity contribution < 1.29 is 28.5 Å². The van der Waals surface area contributed by atoms with Crippen LogP contribution in [0.1, 0.15) is 25.0 Å². The molecule has 2 rings (SSSR count). The van der Waals surface area contributed by atoms with Crippen molar-refractivity contribution in [2.75, 3.05) is 14.2 Å². The standard InChI is InChI=1S/C20H22O6S/c1-5-13-11-15(25-19(21)23-3)7-9-17(13)27-18-10-8-16(12-14(18)6-2)26-20(22)24-4/h7-12H,5-6H2,1-4H3. The number of ether oxygens (including phenoxy) is 4. The third kappa shape index (κ3) is 5.65. The molecule has 0 aromatic heterocycles. The molecular formula is C20H22O6S. The number of carbonyl (C=O) groups excluding carboxylic acids is 2. The largest absolute Gasteiger partial charge is 0.513 e. The number of benzene rings is 2. The molecule has 2 aromatic rings. The number of carbonyl (C=O) groups is 2. The van der Waals surface area contributed by atoms with Crippen molar-refractivity contribution in [1.29, 1.82) is 0 Å². The van der Waals surface area contributed by atoms with Gasteiger partial charge < -0.3 is 18.9 Å². The molecule has 6 nitrogen and oxygen atoms in total. The predicted octanol–water partition coefficient (Wildman–Crippen LogP) is 5.25. The van der Waals surface area contributed by atoms with Crippen molar-refractivity contribution in [3.63, 3.8) is 0 Å². The minimum atomic E-state index is -0.744. The van der Waals surface area contributed by atoms with Crippen LogP contribution < -0.4 is 9.47 Å². The van der Waals surface area contributed by atoms with Crippen LogP contribution in [0, 0.1) is 0 Å². The lowest BCUT2D eigenvalue weighted by molar-refractivity contribution is 0.120. The lowest BCUT2D eigenvalue weighted by Crippen LogP contribution is -2.07. The van der Waals surface area contributed by atoms with E-state index in [9.17, 15) is 9.59 Å². The first-order chi connectivity index (χ1) is 13.0. The third-order valence-corrected chi connectivity index (χ3v) is 5.02. The van der Waals surface area contributed by atoms with E-state index in [0.717, 1.165) is 33.8 Å². The zero-order chi connectivity index (χ0) is 19.8. The number of hydrogen-bond acceptors (Lipinski definition) is 7. The van der Waals surface area contributed by atoms with Crippen molar-refractivity contribution in [2.45, 2.75) is 36.5 Å². The summed E-state index contributed by atoms with van der Waals surface area (Å²) in [5, 5.41) is 0. The summed E-state index contributed by atoms with van der Waals surface area (Å²) in [5.74, 6) is 0.890. The van der Waals surface area contributed by atoms with Gasteiger partial charge in [-0.1, -0.05) is 25.6 Å². The zero-order valence-electron chi connectivity index (χ0n) is 15.7. The number of rotatable bonds is 6. The lowest BCUT2D eigenvalue weighted by atomic mass is 10.1. The van der Waals surface area contributed by atoms with E-state index in [1.807, 2.05) is 38.1 Å². The Morgan fingerprint density at radius 3 is 1.52 bits per heavy atom. The van der Waals surface area contributed by atoms with Crippen molar-refractivity contribution >= 4 is 24.1 Å². The Labute approximate surface area is 162 Å². The second-order valence-electron chi connectivity index (χ2n) is 5.46. The molecule has 2 aromatic carbocycles. The highest BCUT2D eigenvalue weighted by Crippen LogP contribution is 2.36. The fraction of sp³-hybridized carbons (Fsp3) is 0.300. The molecule has 7 heteroatoms. The van der Waals surface area contributed by atoms with E-state index in [1.54, 1.807) is 23.9 Å². The smallest absolute Gasteiger partial charge is 0.437 e. The second-order valence-corrected chi connectivity index (χ2v) is 6.54. The fourth-order valence-corrected chi connectivity index (χ4v) is 3.56. The lowest BCUT2D eigenvalue weighted by Gasteiger charge is -2.13. The monoisotopic (exact) mass is 390 g/mol. The van der Waals surface area contributed by atoms with Gasteiger partial charge in [0.25, 0.3) is 0 Å². The summed E-state index contributed by atoms with van der Waals surface area (Å²) in [5.41, 5.74) is 2.11. The van der Waals surface area contributed by atoms with Crippen molar-refractivity contribution in [3.8, 4) is 11.5 Å². The topological polar surface area (TPSA) is 71.1 Å². The normalized spacial score (nSPS) is 10.2. The maximum absolute atomic E-state index is 11.3. The maximum atomic E-state index is 11.3. The molecule has 0 aliphatic rings. The molecule has 0 radical (unpaired) electrons. The molecule has 0 atom stereocenters. The zero-order valence-corrected chi connectivity index (χ0v) is 16.6. The van der Waals surface area contributed by atoms with Crippen LogP contribution in [0.2, 0.25) is 0 Å². The Bertz CT molecular complexity index is 751. The van der Waals surface area contributed by atoms with Gasteiger partial charge in [0.1, 0.15) is 11.5 Å². The van der Waals surface area contributed by atoms with Crippen LogP contribution in [0.15, 0.2) is 46.2 Å². The van der Waals surface area contributed by atoms with E-state index < -0.39 is 12.3 Å². The van der Waals surface area contributed by atoms with Crippen molar-refractivity contribution in [2.24, 2.45) is 0 Å². The quantitative estimate of drug-likeness (QED) is 0.492. The van der Waals surface area contributed by atoms with Crippen LogP contribution in [-0.4, -0.2) is 26.5 Å². The summed E-state index contributed by atoms with van der Waals surface area (Å²) in [4.78, 5) is 24.7. The van der Waals surface area contributed by atoms with Crippen molar-refractivity contribution in [3.05, 3.63) is 47.5 Å². The summed E-state index contributed by atoms with van der Waals surface area (Å²) in [6, 6.07) is 11.0. The maximum Gasteiger partial charge on any atom is 0.513 e. The van der Waals surface area contributed by atoms with Gasteiger partial charge in [-0.15, -0.1) is 0 Å². The Balaban J connectivity index is 2.25. The molecule has 0 spiro atoms. The van der Waals surface area contributed by atoms with Crippen molar-refractivity contribution in [1.82, 2.24) is 0 Å². The van der Waals surface area contributed by atoms with Gasteiger partial charge in [0.15, 0.2) is 0 Å². The van der Waals surface area contributed by atoms with Gasteiger partial charge in [-0.05, 0) is 60.4 Å². The van der Waals surface area contributed by atoms with Gasteiger partial charge in [0.2, 0.25) is 0 Å². The molecule has 0 heterocycles. The molecule has 0 saturated heterocycles. The Hall–Kier alpha value is -2.67. The van der Waals surface area contributed by atoms with Gasteiger partial charge in [0, 0.05) is 9.79 Å². The van der Waals surface area contributed by atoms with Gasteiger partial charge in [0.05, 0.1) is 14.2 Å². The van der Waals surface area contributed by atoms with E-state index in [1.165, 1.54) is 14.2 Å². The number of methoxy groups -OCH3 is 2. The summed E-state index contributed by atoms with van der Waals surface area (Å²) >= 11 is 1.61. The molecule has 0 fully saturated rings. The summed E-state index contributed by atoms with van der Waals surface area (Å²) in [7, 11) is 2.54. The number of aryl methyl sites for hydroxylation is 2. The summed E-state index contributed by atoms with van der Waals surface area (Å²) in [6.45, 7) is 4.07. The molecule has 0 N–H and O–H groups in total. The Kier molecular flexibility index (Phi) is 7.55. The van der Waals surface area contributed by atoms with Crippen LogP contribution in [0.25, 0.3) is 0 Å². The first kappa shape index (κ1) is 20.6. The van der Waals surface area contributed by atoms with E-state index in [-0.39, 0.29) is 0 Å².